The fourth-order valence-electron chi connectivity index (χ4n) is 2.99. The monoisotopic (exact) mass is 373 g/mol. The van der Waals surface area contributed by atoms with Crippen molar-refractivity contribution in [1.82, 2.24) is 0 Å². The van der Waals surface area contributed by atoms with Crippen molar-refractivity contribution in [2.24, 2.45) is 5.73 Å². The van der Waals surface area contributed by atoms with Gasteiger partial charge in [0.05, 0.1) is 6.61 Å². The maximum Gasteiger partial charge on any atom is 0.125 e. The molecule has 2 aliphatic heterocycles. The lowest BCUT2D eigenvalue weighted by Crippen LogP contribution is -2.42. The SMILES string of the molecule is CC1SCCSC1C(N)Cc1cc(Br)cc2c1OCC2. The van der Waals surface area contributed by atoms with Crippen LogP contribution < -0.4 is 10.5 Å². The Morgan fingerprint density at radius 3 is 3.00 bits per heavy atom. The highest BCUT2D eigenvalue weighted by Gasteiger charge is 2.29. The molecule has 2 N–H and O–H groups in total. The molecule has 1 fully saturated rings. The molecule has 2 heterocycles. The van der Waals surface area contributed by atoms with Gasteiger partial charge in [-0.25, -0.2) is 0 Å². The van der Waals surface area contributed by atoms with Gasteiger partial charge >= 0.3 is 0 Å². The zero-order valence-electron chi connectivity index (χ0n) is 11.6. The average molecular weight is 374 g/mol. The van der Waals surface area contributed by atoms with Crippen molar-refractivity contribution < 1.29 is 4.74 Å². The van der Waals surface area contributed by atoms with Gasteiger partial charge in [-0.3, -0.25) is 0 Å². The lowest BCUT2D eigenvalue weighted by molar-refractivity contribution is 0.352. The minimum atomic E-state index is 0.199. The molecular weight excluding hydrogens is 354 g/mol. The van der Waals surface area contributed by atoms with Crippen LogP contribution >= 0.6 is 39.5 Å². The number of halogens is 1. The fourth-order valence-corrected chi connectivity index (χ4v) is 6.43. The van der Waals surface area contributed by atoms with E-state index in [9.17, 15) is 0 Å². The topological polar surface area (TPSA) is 35.2 Å². The number of fused-ring (bicyclic) bond motifs is 1. The normalized spacial score (nSPS) is 26.9. The number of benzene rings is 1. The molecule has 20 heavy (non-hydrogen) atoms. The summed E-state index contributed by atoms with van der Waals surface area (Å²) in [5, 5.41) is 1.19. The Morgan fingerprint density at radius 1 is 1.40 bits per heavy atom. The van der Waals surface area contributed by atoms with Gasteiger partial charge in [-0.05, 0) is 29.7 Å². The largest absolute Gasteiger partial charge is 0.493 e. The number of hydrogen-bond donors (Lipinski definition) is 1. The number of ether oxygens (including phenoxy) is 1. The Kier molecular flexibility index (Phi) is 4.90. The van der Waals surface area contributed by atoms with Gasteiger partial charge < -0.3 is 10.5 Å². The average Bonchev–Trinajstić information content (AvgIpc) is 2.87. The van der Waals surface area contributed by atoms with Gasteiger partial charge in [0.15, 0.2) is 0 Å². The fraction of sp³-hybridized carbons (Fsp3) is 0.600. The Hall–Kier alpha value is 0.160. The van der Waals surface area contributed by atoms with Crippen molar-refractivity contribution in [2.45, 2.75) is 36.3 Å². The summed E-state index contributed by atoms with van der Waals surface area (Å²) in [4.78, 5) is 0. The predicted octanol–water partition coefficient (Wildman–Crippen LogP) is 3.49. The second kappa shape index (κ2) is 6.51. The van der Waals surface area contributed by atoms with Gasteiger partial charge in [0.2, 0.25) is 0 Å². The molecule has 0 aliphatic carbocycles. The summed E-state index contributed by atoms with van der Waals surface area (Å²) in [5.41, 5.74) is 9.10. The molecule has 1 aromatic rings. The van der Waals surface area contributed by atoms with Crippen LogP contribution in [0.1, 0.15) is 18.1 Å². The highest BCUT2D eigenvalue weighted by Crippen LogP contribution is 2.37. The number of hydrogen-bond acceptors (Lipinski definition) is 4. The molecule has 5 heteroatoms. The summed E-state index contributed by atoms with van der Waals surface area (Å²) in [7, 11) is 0. The van der Waals surface area contributed by atoms with Crippen molar-refractivity contribution in [3.8, 4) is 5.75 Å². The lowest BCUT2D eigenvalue weighted by Gasteiger charge is -2.32. The van der Waals surface area contributed by atoms with Gasteiger partial charge in [-0.1, -0.05) is 22.9 Å². The van der Waals surface area contributed by atoms with E-state index in [0.29, 0.717) is 10.5 Å². The second-order valence-corrected chi connectivity index (χ2v) is 9.12. The number of nitrogens with two attached hydrogens (primary N) is 1. The Labute approximate surface area is 137 Å². The van der Waals surface area contributed by atoms with Crippen LogP contribution in [0.4, 0.5) is 0 Å². The third-order valence-corrected chi connectivity index (χ3v) is 7.67. The van der Waals surface area contributed by atoms with E-state index in [-0.39, 0.29) is 6.04 Å². The number of rotatable bonds is 3. The summed E-state index contributed by atoms with van der Waals surface area (Å²) in [5.74, 6) is 3.56. The molecule has 0 bridgehead atoms. The minimum absolute atomic E-state index is 0.199. The molecule has 3 unspecified atom stereocenters. The maximum atomic E-state index is 6.51. The third kappa shape index (κ3) is 3.16. The summed E-state index contributed by atoms with van der Waals surface area (Å²) >= 11 is 7.70. The van der Waals surface area contributed by atoms with E-state index in [0.717, 1.165) is 29.7 Å². The number of thioether (sulfide) groups is 2. The van der Waals surface area contributed by atoms with Crippen LogP contribution in [-0.4, -0.2) is 34.7 Å². The van der Waals surface area contributed by atoms with Gasteiger partial charge in [0.25, 0.3) is 0 Å². The highest BCUT2D eigenvalue weighted by atomic mass is 79.9. The molecule has 0 aromatic heterocycles. The van der Waals surface area contributed by atoms with Gasteiger partial charge in [-0.15, -0.1) is 0 Å². The molecule has 1 saturated heterocycles. The molecule has 0 radical (unpaired) electrons. The molecule has 110 valence electrons. The van der Waals surface area contributed by atoms with Gasteiger partial charge in [0, 0.05) is 38.9 Å². The van der Waals surface area contributed by atoms with Crippen molar-refractivity contribution in [3.63, 3.8) is 0 Å². The maximum absolute atomic E-state index is 6.51. The Balaban J connectivity index is 1.77. The van der Waals surface area contributed by atoms with Crippen LogP contribution in [0, 0.1) is 0 Å². The summed E-state index contributed by atoms with van der Waals surface area (Å²) in [6, 6.07) is 4.55. The second-order valence-electron chi connectivity index (χ2n) is 5.43. The van der Waals surface area contributed by atoms with Crippen molar-refractivity contribution in [3.05, 3.63) is 27.7 Å². The lowest BCUT2D eigenvalue weighted by atomic mass is 9.99. The van der Waals surface area contributed by atoms with E-state index in [1.54, 1.807) is 0 Å². The molecule has 1 aromatic carbocycles. The van der Waals surface area contributed by atoms with Crippen LogP contribution in [0.25, 0.3) is 0 Å². The molecule has 0 amide bonds. The minimum Gasteiger partial charge on any atom is -0.493 e. The van der Waals surface area contributed by atoms with Crippen LogP contribution in [0.15, 0.2) is 16.6 Å². The first kappa shape index (κ1) is 15.1. The first-order valence-electron chi connectivity index (χ1n) is 7.08. The van der Waals surface area contributed by atoms with E-state index in [4.69, 9.17) is 10.5 Å². The van der Waals surface area contributed by atoms with Crippen LogP contribution in [0.3, 0.4) is 0 Å². The molecule has 0 saturated carbocycles. The molecule has 0 spiro atoms. The molecular formula is C15H20BrNOS2. The van der Waals surface area contributed by atoms with Gasteiger partial charge in [0.1, 0.15) is 5.75 Å². The van der Waals surface area contributed by atoms with Crippen molar-refractivity contribution >= 4 is 39.5 Å². The molecule has 2 nitrogen and oxygen atoms in total. The predicted molar refractivity (Wildman–Crippen MR) is 93.2 cm³/mol. The summed E-state index contributed by atoms with van der Waals surface area (Å²) in [6.45, 7) is 3.11. The third-order valence-electron chi connectivity index (χ3n) is 3.94. The summed E-state index contributed by atoms with van der Waals surface area (Å²) in [6.07, 6.45) is 1.92. The van der Waals surface area contributed by atoms with Gasteiger partial charge in [-0.2, -0.15) is 23.5 Å². The van der Waals surface area contributed by atoms with Crippen LogP contribution in [0.5, 0.6) is 5.75 Å². The quantitative estimate of drug-likeness (QED) is 0.879. The van der Waals surface area contributed by atoms with E-state index in [1.807, 2.05) is 11.8 Å². The molecule has 3 rings (SSSR count). The van der Waals surface area contributed by atoms with Crippen LogP contribution in [0.2, 0.25) is 0 Å². The van der Waals surface area contributed by atoms with Crippen LogP contribution in [-0.2, 0) is 12.8 Å². The zero-order chi connectivity index (χ0) is 14.1. The van der Waals surface area contributed by atoms with E-state index in [2.05, 4.69) is 46.7 Å². The Bertz CT molecular complexity index is 497. The first-order valence-corrected chi connectivity index (χ1v) is 9.97. The standard InChI is InChI=1S/C15H20BrNOS2/c1-9-15(20-5-4-19-9)13(17)8-11-7-12(16)6-10-2-3-18-14(10)11/h6-7,9,13,15H,2-5,8,17H2,1H3. The smallest absolute Gasteiger partial charge is 0.125 e. The van der Waals surface area contributed by atoms with Crippen molar-refractivity contribution in [1.29, 1.82) is 0 Å². The van der Waals surface area contributed by atoms with Crippen molar-refractivity contribution in [2.75, 3.05) is 18.1 Å². The first-order chi connectivity index (χ1) is 9.65. The molecule has 2 aliphatic rings. The summed E-state index contributed by atoms with van der Waals surface area (Å²) < 4.78 is 6.95. The highest BCUT2D eigenvalue weighted by molar-refractivity contribution is 9.10. The van der Waals surface area contributed by atoms with E-state index >= 15 is 0 Å². The molecule has 3 atom stereocenters. The van der Waals surface area contributed by atoms with E-state index < -0.39 is 0 Å². The zero-order valence-corrected chi connectivity index (χ0v) is 14.8. The Morgan fingerprint density at radius 2 is 2.20 bits per heavy atom. The van der Waals surface area contributed by atoms with E-state index in [1.165, 1.54) is 22.6 Å².